The Morgan fingerprint density at radius 3 is 2.08 bits per heavy atom. The maximum Gasteiger partial charge on any atom is 0.125 e. The van der Waals surface area contributed by atoms with Crippen molar-refractivity contribution in [2.24, 2.45) is 0 Å². The van der Waals surface area contributed by atoms with Gasteiger partial charge in [-0.25, -0.2) is 4.98 Å². The zero-order valence-electron chi connectivity index (χ0n) is 16.6. The van der Waals surface area contributed by atoms with Crippen molar-refractivity contribution in [3.8, 4) is 17.0 Å². The van der Waals surface area contributed by atoms with Crippen molar-refractivity contribution in [1.29, 1.82) is 0 Å². The van der Waals surface area contributed by atoms with Gasteiger partial charge < -0.3 is 10.1 Å². The Labute approximate surface area is 156 Å². The molecule has 4 heteroatoms. The maximum atomic E-state index is 5.85. The molecule has 0 amide bonds. The molecule has 0 fully saturated rings. The number of hydrogen-bond acceptors (Lipinski definition) is 4. The first-order chi connectivity index (χ1) is 12.0. The van der Waals surface area contributed by atoms with Gasteiger partial charge in [-0.1, -0.05) is 27.7 Å². The molecule has 3 nitrogen and oxygen atoms in total. The van der Waals surface area contributed by atoms with Gasteiger partial charge in [0.2, 0.25) is 0 Å². The van der Waals surface area contributed by atoms with E-state index in [-0.39, 0.29) is 6.04 Å². The van der Waals surface area contributed by atoms with Gasteiger partial charge >= 0.3 is 0 Å². The van der Waals surface area contributed by atoms with Gasteiger partial charge in [0.25, 0.3) is 0 Å². The van der Waals surface area contributed by atoms with E-state index in [9.17, 15) is 0 Å². The van der Waals surface area contributed by atoms with Gasteiger partial charge in [-0.05, 0) is 61.9 Å². The van der Waals surface area contributed by atoms with E-state index in [4.69, 9.17) is 9.72 Å². The normalized spacial score (nSPS) is 15.0. The first kappa shape index (κ1) is 19.9. The van der Waals surface area contributed by atoms with E-state index in [2.05, 4.69) is 57.4 Å². The minimum atomic E-state index is 0.278. The Morgan fingerprint density at radius 2 is 1.64 bits per heavy atom. The summed E-state index contributed by atoms with van der Waals surface area (Å²) in [6.07, 6.45) is 2.19. The second kappa shape index (κ2) is 8.81. The lowest BCUT2D eigenvalue weighted by Gasteiger charge is -2.22. The zero-order valence-corrected chi connectivity index (χ0v) is 17.5. The first-order valence-corrected chi connectivity index (χ1v) is 10.2. The molecule has 0 saturated heterocycles. The first-order valence-electron chi connectivity index (χ1n) is 9.31. The lowest BCUT2D eigenvalue weighted by Crippen LogP contribution is -2.11. The van der Waals surface area contributed by atoms with Gasteiger partial charge in [0.15, 0.2) is 0 Å². The van der Waals surface area contributed by atoms with Crippen molar-refractivity contribution in [2.75, 3.05) is 14.2 Å². The lowest BCUT2D eigenvalue weighted by molar-refractivity contribution is 0.397. The molecule has 2 rings (SSSR count). The zero-order chi connectivity index (χ0) is 18.6. The summed E-state index contributed by atoms with van der Waals surface area (Å²) in [7, 11) is 3.77. The van der Waals surface area contributed by atoms with Crippen LogP contribution >= 0.6 is 11.3 Å². The van der Waals surface area contributed by atoms with Gasteiger partial charge in [-0.2, -0.15) is 0 Å². The molecule has 0 aliphatic rings. The summed E-state index contributed by atoms with van der Waals surface area (Å²) in [4.78, 5) is 4.87. The second-order valence-corrected chi connectivity index (χ2v) is 7.78. The molecule has 0 bridgehead atoms. The fourth-order valence-corrected chi connectivity index (χ4v) is 3.87. The summed E-state index contributed by atoms with van der Waals surface area (Å²) in [6.45, 7) is 11.2. The highest BCUT2D eigenvalue weighted by atomic mass is 32.1. The van der Waals surface area contributed by atoms with Crippen LogP contribution in [0.15, 0.2) is 17.5 Å². The molecule has 25 heavy (non-hydrogen) atoms. The Bertz CT molecular complexity index is 664. The molecule has 1 N–H and O–H groups in total. The van der Waals surface area contributed by atoms with Gasteiger partial charge in [-0.15, -0.1) is 11.3 Å². The number of hydrogen-bond donors (Lipinski definition) is 1. The molecule has 0 spiro atoms. The van der Waals surface area contributed by atoms with Crippen LogP contribution in [-0.4, -0.2) is 19.1 Å². The van der Waals surface area contributed by atoms with E-state index in [1.807, 2.05) is 7.05 Å². The van der Waals surface area contributed by atoms with Crippen LogP contribution in [0.5, 0.6) is 5.75 Å². The number of rotatable bonds is 8. The number of thiazole rings is 1. The second-order valence-electron chi connectivity index (χ2n) is 6.89. The molecular formula is C21H32N2OS. The summed E-state index contributed by atoms with van der Waals surface area (Å²) >= 11 is 1.72. The maximum absolute atomic E-state index is 5.85. The molecular weight excluding hydrogens is 328 g/mol. The van der Waals surface area contributed by atoms with E-state index in [1.54, 1.807) is 18.4 Å². The number of ether oxygens (including phenoxy) is 1. The molecule has 2 aromatic rings. The minimum absolute atomic E-state index is 0.278. The topological polar surface area (TPSA) is 34.2 Å². The highest BCUT2D eigenvalue weighted by Gasteiger charge is 2.20. The number of aromatic nitrogens is 1. The van der Waals surface area contributed by atoms with Crippen molar-refractivity contribution in [1.82, 2.24) is 10.3 Å². The Kier molecular flexibility index (Phi) is 7.03. The van der Waals surface area contributed by atoms with Crippen LogP contribution in [0.3, 0.4) is 0 Å². The Hall–Kier alpha value is -1.39. The molecule has 138 valence electrons. The lowest BCUT2D eigenvalue weighted by atomic mass is 9.87. The van der Waals surface area contributed by atoms with Crippen LogP contribution in [0, 0.1) is 0 Å². The fourth-order valence-electron chi connectivity index (χ4n) is 2.97. The van der Waals surface area contributed by atoms with Crippen LogP contribution in [0.4, 0.5) is 0 Å². The van der Waals surface area contributed by atoms with Crippen LogP contribution in [0.1, 0.15) is 81.5 Å². The van der Waals surface area contributed by atoms with Crippen LogP contribution < -0.4 is 10.1 Å². The van der Waals surface area contributed by atoms with Gasteiger partial charge in [0.05, 0.1) is 18.8 Å². The predicted octanol–water partition coefficient (Wildman–Crippen LogP) is 6.13. The van der Waals surface area contributed by atoms with Crippen LogP contribution in [-0.2, 0) is 0 Å². The fraction of sp³-hybridized carbons (Fsp3) is 0.571. The monoisotopic (exact) mass is 360 g/mol. The molecule has 0 aliphatic heterocycles. The average Bonchev–Trinajstić information content (AvgIpc) is 3.14. The molecule has 1 heterocycles. The Morgan fingerprint density at radius 1 is 1.08 bits per heavy atom. The van der Waals surface area contributed by atoms with Gasteiger partial charge in [0, 0.05) is 10.9 Å². The van der Waals surface area contributed by atoms with Crippen LogP contribution in [0.25, 0.3) is 11.3 Å². The number of benzene rings is 1. The van der Waals surface area contributed by atoms with E-state index in [0.29, 0.717) is 11.8 Å². The minimum Gasteiger partial charge on any atom is -0.496 e. The van der Waals surface area contributed by atoms with Crippen molar-refractivity contribution >= 4 is 11.3 Å². The molecule has 0 saturated carbocycles. The van der Waals surface area contributed by atoms with E-state index in [1.165, 1.54) is 16.7 Å². The van der Waals surface area contributed by atoms with E-state index >= 15 is 0 Å². The highest BCUT2D eigenvalue weighted by Crippen LogP contribution is 2.40. The smallest absolute Gasteiger partial charge is 0.125 e. The number of methoxy groups -OCH3 is 1. The van der Waals surface area contributed by atoms with Crippen molar-refractivity contribution in [3.63, 3.8) is 0 Å². The summed E-state index contributed by atoms with van der Waals surface area (Å²) < 4.78 is 5.85. The quantitative estimate of drug-likeness (QED) is 0.615. The van der Waals surface area contributed by atoms with Crippen molar-refractivity contribution in [2.45, 2.75) is 65.3 Å². The van der Waals surface area contributed by atoms with Gasteiger partial charge in [-0.3, -0.25) is 0 Å². The predicted molar refractivity (Wildman–Crippen MR) is 109 cm³/mol. The summed E-state index contributed by atoms with van der Waals surface area (Å²) in [5.74, 6) is 1.99. The summed E-state index contributed by atoms with van der Waals surface area (Å²) in [5.41, 5.74) is 4.87. The van der Waals surface area contributed by atoms with Crippen molar-refractivity contribution in [3.05, 3.63) is 33.6 Å². The van der Waals surface area contributed by atoms with Gasteiger partial charge in [0.1, 0.15) is 10.8 Å². The SMILES string of the molecule is CCC(C)c1cc(-c2csc(C(C)NC)n2)cc(C(C)CC)c1OC. The molecule has 0 radical (unpaired) electrons. The average molecular weight is 361 g/mol. The molecule has 1 aromatic heterocycles. The van der Waals surface area contributed by atoms with E-state index in [0.717, 1.165) is 29.3 Å². The third-order valence-electron chi connectivity index (χ3n) is 5.26. The molecule has 1 aromatic carbocycles. The third kappa shape index (κ3) is 4.24. The number of nitrogens with one attached hydrogen (secondary N) is 1. The van der Waals surface area contributed by atoms with E-state index < -0.39 is 0 Å². The highest BCUT2D eigenvalue weighted by molar-refractivity contribution is 7.10. The molecule has 3 atom stereocenters. The summed E-state index contributed by atoms with van der Waals surface area (Å²) in [5, 5.41) is 6.57. The third-order valence-corrected chi connectivity index (χ3v) is 6.29. The summed E-state index contributed by atoms with van der Waals surface area (Å²) in [6, 6.07) is 4.84. The largest absolute Gasteiger partial charge is 0.496 e. The molecule has 3 unspecified atom stereocenters. The van der Waals surface area contributed by atoms with Crippen molar-refractivity contribution < 1.29 is 4.74 Å². The molecule has 0 aliphatic carbocycles. The standard InChI is InChI=1S/C21H32N2OS/c1-8-13(3)17-10-16(11-18(14(4)9-2)20(17)24-7)19-12-25-21(23-19)15(5)22-6/h10-15,22H,8-9H2,1-7H3. The Balaban J connectivity index is 2.59. The number of nitrogens with zero attached hydrogens (tertiary/aromatic N) is 1. The van der Waals surface area contributed by atoms with Crippen LogP contribution in [0.2, 0.25) is 0 Å².